The van der Waals surface area contributed by atoms with Crippen LogP contribution < -0.4 is 0 Å². The molecule has 0 aliphatic heterocycles. The van der Waals surface area contributed by atoms with Gasteiger partial charge in [0, 0.05) is 12.5 Å². The van der Waals surface area contributed by atoms with Crippen molar-refractivity contribution in [1.82, 2.24) is 0 Å². The first-order valence-electron chi connectivity index (χ1n) is 13.1. The molecule has 5 rings (SSSR count). The largest absolute Gasteiger partial charge is 0.382 e. The first kappa shape index (κ1) is 24.0. The molecule has 3 saturated carbocycles. The van der Waals surface area contributed by atoms with Crippen LogP contribution >= 0.6 is 0 Å². The van der Waals surface area contributed by atoms with Gasteiger partial charge < -0.3 is 9.84 Å². The summed E-state index contributed by atoms with van der Waals surface area (Å²) in [6, 6.07) is 2.67. The highest BCUT2D eigenvalue weighted by Crippen LogP contribution is 2.75. The van der Waals surface area contributed by atoms with Crippen molar-refractivity contribution < 1.29 is 14.6 Å². The Hall–Kier alpha value is -1.70. The monoisotopic (exact) mass is 463 g/mol. The normalized spacial score (nSPS) is 52.1. The van der Waals surface area contributed by atoms with E-state index in [0.717, 1.165) is 49.7 Å². The van der Waals surface area contributed by atoms with Crippen LogP contribution in [0.3, 0.4) is 0 Å². The Bertz CT molecular complexity index is 1090. The highest BCUT2D eigenvalue weighted by Gasteiger charge is 2.67. The standard InChI is InChI=1S/C30H41NO3/c1-25(18-31)10-11-26(2)12-14-28(4)22-9-8-19-20(16-21(32)24(33)30(19,6)34-7)27(22,3)13-15-29(28,5)23(26)17-25/h8-9,16,23-24,33H,10-15,17H2,1-7H3/t23-,24+,25-,26-,27+,28-,29+,30+/m1/s1. The number of aliphatic hydroxyl groups excluding tert-OH is 1. The van der Waals surface area contributed by atoms with E-state index in [2.05, 4.69) is 52.8 Å². The van der Waals surface area contributed by atoms with E-state index >= 15 is 0 Å². The van der Waals surface area contributed by atoms with E-state index in [0.29, 0.717) is 5.92 Å². The Kier molecular flexibility index (Phi) is 4.91. The molecule has 0 saturated heterocycles. The highest BCUT2D eigenvalue weighted by atomic mass is 16.5. The summed E-state index contributed by atoms with van der Waals surface area (Å²) in [4.78, 5) is 12.9. The topological polar surface area (TPSA) is 70.3 Å². The van der Waals surface area contributed by atoms with Gasteiger partial charge >= 0.3 is 0 Å². The van der Waals surface area contributed by atoms with Gasteiger partial charge in [-0.25, -0.2) is 0 Å². The van der Waals surface area contributed by atoms with Crippen molar-refractivity contribution in [2.24, 2.45) is 33.0 Å². The van der Waals surface area contributed by atoms with Crippen molar-refractivity contribution >= 4 is 5.78 Å². The molecule has 184 valence electrons. The molecular formula is C30H41NO3. The summed E-state index contributed by atoms with van der Waals surface area (Å²) in [6.45, 7) is 13.7. The van der Waals surface area contributed by atoms with Crippen LogP contribution in [-0.4, -0.2) is 29.7 Å². The van der Waals surface area contributed by atoms with Crippen LogP contribution in [0.4, 0.5) is 0 Å². The van der Waals surface area contributed by atoms with Gasteiger partial charge in [0.25, 0.3) is 0 Å². The number of ketones is 1. The molecule has 0 unspecified atom stereocenters. The zero-order chi connectivity index (χ0) is 24.9. The lowest BCUT2D eigenvalue weighted by Gasteiger charge is -2.70. The first-order valence-corrected chi connectivity index (χ1v) is 13.1. The van der Waals surface area contributed by atoms with Gasteiger partial charge in [-0.05, 0) is 98.2 Å². The van der Waals surface area contributed by atoms with Crippen molar-refractivity contribution in [2.45, 2.75) is 98.2 Å². The molecule has 0 aromatic heterocycles. The van der Waals surface area contributed by atoms with E-state index in [1.54, 1.807) is 13.2 Å². The van der Waals surface area contributed by atoms with E-state index in [4.69, 9.17) is 4.74 Å². The number of methoxy groups -OCH3 is 1. The van der Waals surface area contributed by atoms with Crippen LogP contribution in [0.2, 0.25) is 0 Å². The molecule has 0 aromatic rings. The second kappa shape index (κ2) is 6.95. The number of rotatable bonds is 1. The molecule has 0 amide bonds. The van der Waals surface area contributed by atoms with Gasteiger partial charge in [0.05, 0.1) is 11.5 Å². The van der Waals surface area contributed by atoms with Gasteiger partial charge in [-0.15, -0.1) is 0 Å². The Labute approximate surface area is 205 Å². The fourth-order valence-electron chi connectivity index (χ4n) is 9.01. The third-order valence-electron chi connectivity index (χ3n) is 11.9. The van der Waals surface area contributed by atoms with Crippen molar-refractivity contribution in [3.05, 3.63) is 34.9 Å². The quantitative estimate of drug-likeness (QED) is 0.512. The molecular weight excluding hydrogens is 422 g/mol. The third-order valence-corrected chi connectivity index (χ3v) is 11.9. The van der Waals surface area contributed by atoms with Gasteiger partial charge in [-0.1, -0.05) is 45.4 Å². The molecule has 3 fully saturated rings. The van der Waals surface area contributed by atoms with Crippen LogP contribution in [-0.2, 0) is 9.53 Å². The maximum absolute atomic E-state index is 12.9. The summed E-state index contributed by atoms with van der Waals surface area (Å²) in [5.41, 5.74) is 2.25. The molecule has 0 heterocycles. The lowest BCUT2D eigenvalue weighted by Crippen LogP contribution is -2.62. The van der Waals surface area contributed by atoms with Crippen LogP contribution in [0.15, 0.2) is 34.9 Å². The average Bonchev–Trinajstić information content (AvgIpc) is 2.81. The lowest BCUT2D eigenvalue weighted by molar-refractivity contribution is -0.156. The van der Waals surface area contributed by atoms with Gasteiger partial charge in [0.15, 0.2) is 5.78 Å². The molecule has 8 atom stereocenters. The van der Waals surface area contributed by atoms with Crippen LogP contribution in [0.5, 0.6) is 0 Å². The zero-order valence-corrected chi connectivity index (χ0v) is 22.0. The van der Waals surface area contributed by atoms with Gasteiger partial charge in [0.2, 0.25) is 0 Å². The second-order valence-electron chi connectivity index (χ2n) is 13.5. The number of carbonyl (C=O) groups excluding carboxylic acids is 1. The molecule has 1 N–H and O–H groups in total. The van der Waals surface area contributed by atoms with E-state index in [9.17, 15) is 15.2 Å². The molecule has 0 radical (unpaired) electrons. The maximum Gasteiger partial charge on any atom is 0.187 e. The number of allylic oxidation sites excluding steroid dienone is 3. The minimum Gasteiger partial charge on any atom is -0.382 e. The fourth-order valence-corrected chi connectivity index (χ4v) is 9.01. The Morgan fingerprint density at radius 3 is 2.29 bits per heavy atom. The van der Waals surface area contributed by atoms with E-state index in [1.807, 2.05) is 6.92 Å². The van der Waals surface area contributed by atoms with Crippen LogP contribution in [0, 0.1) is 44.3 Å². The Morgan fingerprint density at radius 2 is 1.65 bits per heavy atom. The summed E-state index contributed by atoms with van der Waals surface area (Å²) < 4.78 is 5.79. The first-order chi connectivity index (χ1) is 15.7. The minimum absolute atomic E-state index is 0.0106. The van der Waals surface area contributed by atoms with Crippen molar-refractivity contribution in [1.29, 1.82) is 5.26 Å². The van der Waals surface area contributed by atoms with Crippen molar-refractivity contribution in [3.8, 4) is 6.07 Å². The molecule has 5 aliphatic rings. The summed E-state index contributed by atoms with van der Waals surface area (Å²) in [5.74, 6) is 0.242. The number of nitriles is 1. The van der Waals surface area contributed by atoms with Gasteiger partial charge in [-0.3, -0.25) is 4.79 Å². The smallest absolute Gasteiger partial charge is 0.187 e. The molecule has 5 aliphatic carbocycles. The van der Waals surface area contributed by atoms with Crippen LogP contribution in [0.25, 0.3) is 0 Å². The van der Waals surface area contributed by atoms with E-state index in [-0.39, 0.29) is 32.9 Å². The molecule has 34 heavy (non-hydrogen) atoms. The van der Waals surface area contributed by atoms with E-state index in [1.165, 1.54) is 12.0 Å². The number of fused-ring (bicyclic) bond motifs is 7. The highest BCUT2D eigenvalue weighted by molar-refractivity contribution is 5.99. The van der Waals surface area contributed by atoms with Crippen LogP contribution in [0.1, 0.15) is 86.5 Å². The number of ether oxygens (including phenoxy) is 1. The van der Waals surface area contributed by atoms with Crippen molar-refractivity contribution in [2.75, 3.05) is 7.11 Å². The van der Waals surface area contributed by atoms with Crippen molar-refractivity contribution in [3.63, 3.8) is 0 Å². The average molecular weight is 464 g/mol. The summed E-state index contributed by atoms with van der Waals surface area (Å²) in [5, 5.41) is 20.7. The number of carbonyl (C=O) groups is 1. The lowest BCUT2D eigenvalue weighted by atomic mass is 9.34. The summed E-state index contributed by atoms with van der Waals surface area (Å²) >= 11 is 0. The third kappa shape index (κ3) is 2.69. The number of hydrogen-bond donors (Lipinski definition) is 1. The number of nitrogens with zero attached hydrogens (tertiary/aromatic N) is 1. The SMILES string of the molecule is CO[C@@]1(C)C2=CC=C3[C@@](C)(CC[C@@]4(C)[C@@H]5C[C@](C)(C#N)CC[C@]5(C)CC[C@]34C)C2=CC(=O)[C@@H]1O. The molecule has 4 heteroatoms. The second-order valence-corrected chi connectivity index (χ2v) is 13.5. The number of aliphatic hydroxyl groups is 1. The predicted octanol–water partition coefficient (Wildman–Crippen LogP) is 6.07. The van der Waals surface area contributed by atoms with Gasteiger partial charge in [-0.2, -0.15) is 5.26 Å². The minimum atomic E-state index is -1.18. The predicted molar refractivity (Wildman–Crippen MR) is 133 cm³/mol. The summed E-state index contributed by atoms with van der Waals surface area (Å²) in [6.07, 6.45) is 12.4. The van der Waals surface area contributed by atoms with Gasteiger partial charge in [0.1, 0.15) is 11.7 Å². The number of hydrogen-bond acceptors (Lipinski definition) is 4. The maximum atomic E-state index is 12.9. The fraction of sp³-hybridized carbons (Fsp3) is 0.733. The zero-order valence-electron chi connectivity index (χ0n) is 22.0. The molecule has 0 spiro atoms. The molecule has 0 bridgehead atoms. The summed E-state index contributed by atoms with van der Waals surface area (Å²) in [7, 11) is 1.58. The molecule has 0 aromatic carbocycles. The Morgan fingerprint density at radius 1 is 0.971 bits per heavy atom. The van der Waals surface area contributed by atoms with E-state index < -0.39 is 11.7 Å². The Balaban J connectivity index is 1.66. The molecule has 4 nitrogen and oxygen atoms in total.